The van der Waals surface area contributed by atoms with Crippen LogP contribution in [-0.2, 0) is 9.59 Å². The Kier molecular flexibility index (Phi) is 7.11. The largest absolute Gasteiger partial charge is 0.483 e. The van der Waals surface area contributed by atoms with E-state index in [0.717, 1.165) is 12.0 Å². The topological polar surface area (TPSA) is 84.5 Å². The molecule has 142 valence electrons. The number of amides is 2. The maximum absolute atomic E-state index is 12.1. The van der Waals surface area contributed by atoms with Crippen LogP contribution in [0.3, 0.4) is 0 Å². The fourth-order valence-electron chi connectivity index (χ4n) is 2.50. The van der Waals surface area contributed by atoms with Crippen LogP contribution < -0.4 is 15.4 Å². The molecule has 0 unspecified atom stereocenters. The molecule has 0 saturated heterocycles. The van der Waals surface area contributed by atoms with Gasteiger partial charge in [0.25, 0.3) is 5.91 Å². The average molecular weight is 368 g/mol. The molecule has 2 amide bonds. The summed E-state index contributed by atoms with van der Waals surface area (Å²) in [5, 5.41) is 5.52. The molecule has 0 atom stereocenters. The predicted octanol–water partition coefficient (Wildman–Crippen LogP) is 3.95. The third kappa shape index (κ3) is 5.95. The van der Waals surface area contributed by atoms with E-state index in [0.29, 0.717) is 29.1 Å². The highest BCUT2D eigenvalue weighted by molar-refractivity contribution is 5.99. The third-order valence-electron chi connectivity index (χ3n) is 3.90. The summed E-state index contributed by atoms with van der Waals surface area (Å²) in [5.74, 6) is -0.343. The van der Waals surface area contributed by atoms with Crippen LogP contribution in [0.15, 0.2) is 42.5 Å². The first kappa shape index (κ1) is 20.2. The molecule has 2 aromatic rings. The van der Waals surface area contributed by atoms with Gasteiger partial charge >= 0.3 is 0 Å². The summed E-state index contributed by atoms with van der Waals surface area (Å²) in [7, 11) is 0. The molecule has 2 aromatic carbocycles. The highest BCUT2D eigenvalue weighted by Gasteiger charge is 2.13. The lowest BCUT2D eigenvalue weighted by molar-refractivity contribution is -0.118. The van der Waals surface area contributed by atoms with Crippen molar-refractivity contribution in [3.63, 3.8) is 0 Å². The molecule has 0 aromatic heterocycles. The van der Waals surface area contributed by atoms with Gasteiger partial charge in [-0.15, -0.1) is 0 Å². The molecule has 6 heteroatoms. The van der Waals surface area contributed by atoms with Gasteiger partial charge in [-0.25, -0.2) is 0 Å². The van der Waals surface area contributed by atoms with E-state index in [-0.39, 0.29) is 24.2 Å². The van der Waals surface area contributed by atoms with Crippen molar-refractivity contribution in [2.75, 3.05) is 17.2 Å². The molecule has 2 N–H and O–H groups in total. The lowest BCUT2D eigenvalue weighted by Crippen LogP contribution is -2.21. The zero-order valence-corrected chi connectivity index (χ0v) is 15.8. The van der Waals surface area contributed by atoms with Gasteiger partial charge in [-0.1, -0.05) is 25.1 Å². The summed E-state index contributed by atoms with van der Waals surface area (Å²) in [4.78, 5) is 35.8. The van der Waals surface area contributed by atoms with Crippen LogP contribution >= 0.6 is 0 Å². The summed E-state index contributed by atoms with van der Waals surface area (Å²) in [5.41, 5.74) is 2.50. The second-order valence-corrected chi connectivity index (χ2v) is 6.22. The number of benzene rings is 2. The van der Waals surface area contributed by atoms with Crippen molar-refractivity contribution in [1.82, 2.24) is 0 Å². The first-order valence-electron chi connectivity index (χ1n) is 8.83. The Hall–Kier alpha value is -3.15. The van der Waals surface area contributed by atoms with Crippen molar-refractivity contribution < 1.29 is 19.1 Å². The van der Waals surface area contributed by atoms with Gasteiger partial charge in [0, 0.05) is 17.8 Å². The number of aryl methyl sites for hydroxylation is 1. The van der Waals surface area contributed by atoms with Gasteiger partial charge in [-0.3, -0.25) is 14.4 Å². The first-order valence-corrected chi connectivity index (χ1v) is 8.83. The SMILES string of the molecule is CCCC(=O)Nc1ccc(OCC(=O)Nc2ccccc2C)c(C(C)=O)c1. The van der Waals surface area contributed by atoms with Gasteiger partial charge in [0.05, 0.1) is 5.56 Å². The fraction of sp³-hybridized carbons (Fsp3) is 0.286. The van der Waals surface area contributed by atoms with Gasteiger partial charge < -0.3 is 15.4 Å². The number of ether oxygens (including phenoxy) is 1. The highest BCUT2D eigenvalue weighted by Crippen LogP contribution is 2.24. The van der Waals surface area contributed by atoms with E-state index in [1.165, 1.54) is 6.92 Å². The van der Waals surface area contributed by atoms with Crippen molar-refractivity contribution in [2.45, 2.75) is 33.6 Å². The maximum Gasteiger partial charge on any atom is 0.262 e. The number of Topliss-reactive ketones (excluding diaryl/α,β-unsaturated/α-hetero) is 1. The number of para-hydroxylation sites is 1. The zero-order valence-electron chi connectivity index (χ0n) is 15.8. The van der Waals surface area contributed by atoms with Crippen molar-refractivity contribution >= 4 is 29.0 Å². The molecule has 0 radical (unpaired) electrons. The molecule has 6 nitrogen and oxygen atoms in total. The molecule has 0 spiro atoms. The van der Waals surface area contributed by atoms with E-state index in [2.05, 4.69) is 10.6 Å². The van der Waals surface area contributed by atoms with E-state index >= 15 is 0 Å². The molecule has 0 saturated carbocycles. The van der Waals surface area contributed by atoms with E-state index in [9.17, 15) is 14.4 Å². The number of carbonyl (C=O) groups excluding carboxylic acids is 3. The smallest absolute Gasteiger partial charge is 0.262 e. The van der Waals surface area contributed by atoms with Crippen LogP contribution in [0.25, 0.3) is 0 Å². The minimum Gasteiger partial charge on any atom is -0.483 e. The number of nitrogens with one attached hydrogen (secondary N) is 2. The molecule has 27 heavy (non-hydrogen) atoms. The van der Waals surface area contributed by atoms with Crippen LogP contribution in [0.4, 0.5) is 11.4 Å². The second-order valence-electron chi connectivity index (χ2n) is 6.22. The Labute approximate surface area is 158 Å². The summed E-state index contributed by atoms with van der Waals surface area (Å²) in [6, 6.07) is 12.2. The number of hydrogen-bond donors (Lipinski definition) is 2. The van der Waals surface area contributed by atoms with E-state index in [1.807, 2.05) is 38.1 Å². The van der Waals surface area contributed by atoms with Crippen molar-refractivity contribution in [3.8, 4) is 5.75 Å². The highest BCUT2D eigenvalue weighted by atomic mass is 16.5. The van der Waals surface area contributed by atoms with Crippen LogP contribution in [-0.4, -0.2) is 24.2 Å². The molecular formula is C21H24N2O4. The Morgan fingerprint density at radius 1 is 1.00 bits per heavy atom. The Morgan fingerprint density at radius 2 is 1.74 bits per heavy atom. The number of anilines is 2. The summed E-state index contributed by atoms with van der Waals surface area (Å²) in [6.07, 6.45) is 1.15. The molecule has 0 heterocycles. The Balaban J connectivity index is 2.04. The van der Waals surface area contributed by atoms with Gasteiger partial charge in [0.15, 0.2) is 12.4 Å². The molecule has 0 bridgehead atoms. The van der Waals surface area contributed by atoms with Gasteiger partial charge in [-0.2, -0.15) is 0 Å². The van der Waals surface area contributed by atoms with E-state index < -0.39 is 0 Å². The minimum atomic E-state index is -0.320. The van der Waals surface area contributed by atoms with Gasteiger partial charge in [0.1, 0.15) is 5.75 Å². The van der Waals surface area contributed by atoms with Crippen molar-refractivity contribution in [2.24, 2.45) is 0 Å². The van der Waals surface area contributed by atoms with Gasteiger partial charge in [0.2, 0.25) is 5.91 Å². The Morgan fingerprint density at radius 3 is 2.41 bits per heavy atom. The average Bonchev–Trinajstić information content (AvgIpc) is 2.62. The predicted molar refractivity (Wildman–Crippen MR) is 105 cm³/mol. The zero-order chi connectivity index (χ0) is 19.8. The Bertz CT molecular complexity index is 846. The number of ketones is 1. The normalized spacial score (nSPS) is 10.2. The van der Waals surface area contributed by atoms with Gasteiger partial charge in [-0.05, 0) is 50.1 Å². The van der Waals surface area contributed by atoms with E-state index in [4.69, 9.17) is 4.74 Å². The minimum absolute atomic E-state index is 0.113. The number of carbonyl (C=O) groups is 3. The number of hydrogen-bond acceptors (Lipinski definition) is 4. The molecular weight excluding hydrogens is 344 g/mol. The van der Waals surface area contributed by atoms with Crippen LogP contribution in [0, 0.1) is 6.92 Å². The molecule has 0 aliphatic heterocycles. The molecule has 0 aliphatic carbocycles. The maximum atomic E-state index is 12.1. The molecule has 0 fully saturated rings. The summed E-state index contributed by atoms with van der Waals surface area (Å²) < 4.78 is 5.53. The van der Waals surface area contributed by atoms with Crippen molar-refractivity contribution in [3.05, 3.63) is 53.6 Å². The molecule has 2 rings (SSSR count). The van der Waals surface area contributed by atoms with Crippen LogP contribution in [0.5, 0.6) is 5.75 Å². The van der Waals surface area contributed by atoms with Crippen LogP contribution in [0.2, 0.25) is 0 Å². The fourth-order valence-corrected chi connectivity index (χ4v) is 2.50. The third-order valence-corrected chi connectivity index (χ3v) is 3.90. The van der Waals surface area contributed by atoms with E-state index in [1.54, 1.807) is 18.2 Å². The van der Waals surface area contributed by atoms with Crippen LogP contribution in [0.1, 0.15) is 42.6 Å². The lowest BCUT2D eigenvalue weighted by Gasteiger charge is -2.13. The van der Waals surface area contributed by atoms with Crippen molar-refractivity contribution in [1.29, 1.82) is 0 Å². The second kappa shape index (κ2) is 9.52. The molecule has 0 aliphatic rings. The first-order chi connectivity index (χ1) is 12.9. The summed E-state index contributed by atoms with van der Waals surface area (Å²) >= 11 is 0. The monoisotopic (exact) mass is 368 g/mol. The quantitative estimate of drug-likeness (QED) is 0.691. The number of rotatable bonds is 8. The summed E-state index contributed by atoms with van der Waals surface area (Å²) in [6.45, 7) is 5.00. The standard InChI is InChI=1S/C21H24N2O4/c1-4-7-20(25)22-16-10-11-19(17(12-16)15(3)24)27-13-21(26)23-18-9-6-5-8-14(18)2/h5-6,8-12H,4,7,13H2,1-3H3,(H,22,25)(H,23,26). The lowest BCUT2D eigenvalue weighted by atomic mass is 10.1.